The zero-order valence-electron chi connectivity index (χ0n) is 18.8. The van der Waals surface area contributed by atoms with Crippen molar-refractivity contribution in [3.63, 3.8) is 0 Å². The fourth-order valence-corrected chi connectivity index (χ4v) is 5.11. The van der Waals surface area contributed by atoms with E-state index >= 15 is 0 Å². The number of carbonyl (C=O) groups is 1. The summed E-state index contributed by atoms with van der Waals surface area (Å²) in [7, 11) is 0. The van der Waals surface area contributed by atoms with E-state index in [2.05, 4.69) is 61.7 Å². The molecule has 0 aliphatic carbocycles. The van der Waals surface area contributed by atoms with Crippen LogP contribution in [0.4, 0.5) is 0 Å². The number of nitrogens with zero attached hydrogens (tertiary/aromatic N) is 6. The number of thioether (sulfide) groups is 1. The van der Waals surface area contributed by atoms with Crippen LogP contribution >= 0.6 is 23.1 Å². The summed E-state index contributed by atoms with van der Waals surface area (Å²) < 4.78 is 2.04. The summed E-state index contributed by atoms with van der Waals surface area (Å²) in [5.74, 6) is 1.11. The number of pyridine rings is 2. The summed E-state index contributed by atoms with van der Waals surface area (Å²) in [6.45, 7) is 2.47. The first-order chi connectivity index (χ1) is 17.2. The summed E-state index contributed by atoms with van der Waals surface area (Å²) in [4.78, 5) is 25.2. The molecule has 35 heavy (non-hydrogen) atoms. The van der Waals surface area contributed by atoms with Crippen LogP contribution in [0.1, 0.15) is 26.6 Å². The maximum absolute atomic E-state index is 12.5. The normalized spacial score (nSPS) is 10.9. The van der Waals surface area contributed by atoms with Crippen LogP contribution in [-0.2, 0) is 12.3 Å². The van der Waals surface area contributed by atoms with Gasteiger partial charge in [0, 0.05) is 48.0 Å². The molecule has 4 heterocycles. The Morgan fingerprint density at radius 1 is 1.03 bits per heavy atom. The molecule has 0 aliphatic heterocycles. The van der Waals surface area contributed by atoms with Crippen molar-refractivity contribution in [3.05, 3.63) is 101 Å². The highest BCUT2D eigenvalue weighted by Crippen LogP contribution is 2.30. The highest BCUT2D eigenvalue weighted by atomic mass is 32.2. The minimum Gasteiger partial charge on any atom is -0.347 e. The Hall–Kier alpha value is -3.89. The van der Waals surface area contributed by atoms with Crippen molar-refractivity contribution in [3.8, 4) is 17.1 Å². The van der Waals surface area contributed by atoms with Crippen molar-refractivity contribution >= 4 is 29.0 Å². The Labute approximate surface area is 210 Å². The first-order valence-electron chi connectivity index (χ1n) is 10.8. The monoisotopic (exact) mass is 499 g/mol. The fourth-order valence-electron chi connectivity index (χ4n) is 3.36. The topological polar surface area (TPSA) is 98.5 Å². The predicted octanol–water partition coefficient (Wildman–Crippen LogP) is 4.71. The van der Waals surface area contributed by atoms with Crippen LogP contribution in [0.5, 0.6) is 0 Å². The minimum absolute atomic E-state index is 0.204. The van der Waals surface area contributed by atoms with E-state index in [1.54, 1.807) is 30.2 Å². The summed E-state index contributed by atoms with van der Waals surface area (Å²) in [6.07, 6.45) is 6.92. The van der Waals surface area contributed by atoms with Crippen molar-refractivity contribution in [1.29, 1.82) is 0 Å². The van der Waals surface area contributed by atoms with Crippen LogP contribution in [0.25, 0.3) is 17.1 Å². The Bertz CT molecular complexity index is 1420. The van der Waals surface area contributed by atoms with Gasteiger partial charge in [-0.05, 0) is 42.8 Å². The summed E-state index contributed by atoms with van der Waals surface area (Å²) >= 11 is 2.99. The van der Waals surface area contributed by atoms with Crippen molar-refractivity contribution < 1.29 is 4.79 Å². The van der Waals surface area contributed by atoms with Crippen LogP contribution in [0.3, 0.4) is 0 Å². The van der Waals surface area contributed by atoms with Crippen LogP contribution in [0.2, 0.25) is 0 Å². The molecule has 1 N–H and O–H groups in total. The highest BCUT2D eigenvalue weighted by molar-refractivity contribution is 7.98. The van der Waals surface area contributed by atoms with Crippen LogP contribution in [0.15, 0.2) is 83.9 Å². The summed E-state index contributed by atoms with van der Waals surface area (Å²) in [5, 5.41) is 15.2. The maximum atomic E-state index is 12.5. The van der Waals surface area contributed by atoms with Crippen molar-refractivity contribution in [1.82, 2.24) is 35.0 Å². The quantitative estimate of drug-likeness (QED) is 0.309. The number of hydrogen-bond donors (Lipinski definition) is 1. The highest BCUT2D eigenvalue weighted by Gasteiger charge is 2.17. The van der Waals surface area contributed by atoms with Crippen molar-refractivity contribution in [2.45, 2.75) is 24.4 Å². The van der Waals surface area contributed by atoms with Gasteiger partial charge in [-0.25, -0.2) is 4.98 Å². The van der Waals surface area contributed by atoms with Gasteiger partial charge in [0.05, 0.1) is 5.75 Å². The van der Waals surface area contributed by atoms with Gasteiger partial charge in [0.2, 0.25) is 0 Å². The number of thiazole rings is 1. The van der Waals surface area contributed by atoms with Gasteiger partial charge in [0.25, 0.3) is 5.91 Å². The molecule has 8 nitrogen and oxygen atoms in total. The smallest absolute Gasteiger partial charge is 0.271 e. The molecule has 10 heteroatoms. The Morgan fingerprint density at radius 2 is 1.86 bits per heavy atom. The van der Waals surface area contributed by atoms with E-state index in [1.807, 2.05) is 28.8 Å². The average molecular weight is 500 g/mol. The molecule has 5 aromatic rings. The standard InChI is InChI=1S/C25H21N7OS2/c1-17-4-6-20(7-5-17)32-23(19-8-11-26-12-9-19)30-31-25(32)35-16-22-29-21(15-34-22)24(33)28-14-18-3-2-10-27-13-18/h2-13,15H,14,16H2,1H3,(H,28,33). The number of hydrogen-bond acceptors (Lipinski definition) is 8. The van der Waals surface area contributed by atoms with E-state index in [9.17, 15) is 4.79 Å². The first kappa shape index (κ1) is 22.9. The lowest BCUT2D eigenvalue weighted by Gasteiger charge is -2.10. The molecule has 0 unspecified atom stereocenters. The number of benzene rings is 1. The first-order valence-corrected chi connectivity index (χ1v) is 12.7. The fraction of sp³-hybridized carbons (Fsp3) is 0.120. The largest absolute Gasteiger partial charge is 0.347 e. The van der Waals surface area contributed by atoms with E-state index < -0.39 is 0 Å². The third-order valence-electron chi connectivity index (χ3n) is 5.15. The molecule has 0 saturated heterocycles. The number of aromatic nitrogens is 6. The molecule has 0 saturated carbocycles. The van der Waals surface area contributed by atoms with E-state index in [0.717, 1.165) is 32.8 Å². The zero-order valence-corrected chi connectivity index (χ0v) is 20.5. The molecule has 5 rings (SSSR count). The van der Waals surface area contributed by atoms with Gasteiger partial charge in [-0.15, -0.1) is 21.5 Å². The Balaban J connectivity index is 1.32. The maximum Gasteiger partial charge on any atom is 0.271 e. The molecule has 0 spiro atoms. The number of nitrogens with one attached hydrogen (secondary N) is 1. The van der Waals surface area contributed by atoms with Gasteiger partial charge in [0.1, 0.15) is 10.7 Å². The molecule has 0 radical (unpaired) electrons. The second-order valence-corrected chi connectivity index (χ2v) is 9.56. The zero-order chi connectivity index (χ0) is 24.0. The molecule has 1 amide bonds. The minimum atomic E-state index is -0.204. The van der Waals surface area contributed by atoms with Crippen molar-refractivity contribution in [2.75, 3.05) is 0 Å². The Kier molecular flexibility index (Phi) is 6.92. The molecule has 4 aromatic heterocycles. The molecular formula is C25H21N7OS2. The van der Waals surface area contributed by atoms with Gasteiger partial charge < -0.3 is 5.32 Å². The van der Waals surface area contributed by atoms with Gasteiger partial charge in [-0.3, -0.25) is 19.3 Å². The molecular weight excluding hydrogens is 478 g/mol. The molecule has 0 bridgehead atoms. The second kappa shape index (κ2) is 10.6. The number of aryl methyl sites for hydroxylation is 1. The third kappa shape index (κ3) is 5.44. The van der Waals surface area contributed by atoms with Gasteiger partial charge in [-0.2, -0.15) is 0 Å². The van der Waals surface area contributed by atoms with E-state index in [1.165, 1.54) is 28.7 Å². The lowest BCUT2D eigenvalue weighted by molar-refractivity contribution is 0.0946. The van der Waals surface area contributed by atoms with Gasteiger partial charge in [-0.1, -0.05) is 35.5 Å². The molecule has 0 atom stereocenters. The van der Waals surface area contributed by atoms with Crippen LogP contribution in [0, 0.1) is 6.92 Å². The number of amides is 1. The molecule has 0 fully saturated rings. The summed E-state index contributed by atoms with van der Waals surface area (Å²) in [5.41, 5.74) is 4.43. The lowest BCUT2D eigenvalue weighted by atomic mass is 10.2. The van der Waals surface area contributed by atoms with Crippen molar-refractivity contribution in [2.24, 2.45) is 0 Å². The summed E-state index contributed by atoms with van der Waals surface area (Å²) in [6, 6.07) is 15.8. The number of carbonyl (C=O) groups excluding carboxylic acids is 1. The van der Waals surface area contributed by atoms with E-state index in [4.69, 9.17) is 0 Å². The predicted molar refractivity (Wildman–Crippen MR) is 136 cm³/mol. The number of rotatable bonds is 8. The molecule has 174 valence electrons. The third-order valence-corrected chi connectivity index (χ3v) is 7.12. The SMILES string of the molecule is Cc1ccc(-n2c(SCc3nc(C(=O)NCc4cccnc4)cs3)nnc2-c2ccncc2)cc1. The second-order valence-electron chi connectivity index (χ2n) is 7.67. The Morgan fingerprint density at radius 3 is 2.63 bits per heavy atom. The molecule has 0 aliphatic rings. The lowest BCUT2D eigenvalue weighted by Crippen LogP contribution is -2.23. The van der Waals surface area contributed by atoms with Crippen LogP contribution in [-0.4, -0.2) is 35.6 Å². The van der Waals surface area contributed by atoms with E-state index in [0.29, 0.717) is 18.0 Å². The van der Waals surface area contributed by atoms with Gasteiger partial charge in [0.15, 0.2) is 11.0 Å². The van der Waals surface area contributed by atoms with E-state index in [-0.39, 0.29) is 5.91 Å². The van der Waals surface area contributed by atoms with Gasteiger partial charge >= 0.3 is 0 Å². The molecule has 1 aromatic carbocycles. The van der Waals surface area contributed by atoms with Crippen LogP contribution < -0.4 is 5.32 Å². The average Bonchev–Trinajstić information content (AvgIpc) is 3.55.